The fourth-order valence-electron chi connectivity index (χ4n) is 3.24. The van der Waals surface area contributed by atoms with Gasteiger partial charge in [0.05, 0.1) is 17.3 Å². The highest BCUT2D eigenvalue weighted by Crippen LogP contribution is 2.25. The number of aromatic nitrogens is 3. The summed E-state index contributed by atoms with van der Waals surface area (Å²) in [6.07, 6.45) is 4.03. The van der Waals surface area contributed by atoms with Crippen molar-refractivity contribution in [2.24, 2.45) is 4.99 Å². The topological polar surface area (TPSA) is 113 Å². The smallest absolute Gasteiger partial charge is 0.280 e. The van der Waals surface area contributed by atoms with Crippen LogP contribution in [0.2, 0.25) is 0 Å². The van der Waals surface area contributed by atoms with Gasteiger partial charge < -0.3 is 0 Å². The largest absolute Gasteiger partial charge is 0.290 e. The van der Waals surface area contributed by atoms with Crippen molar-refractivity contribution in [1.29, 1.82) is 5.26 Å². The Morgan fingerprint density at radius 2 is 1.90 bits per heavy atom. The number of imide groups is 1. The summed E-state index contributed by atoms with van der Waals surface area (Å²) in [4.78, 5) is 34.3. The van der Waals surface area contributed by atoms with Gasteiger partial charge in [-0.25, -0.2) is 4.98 Å². The van der Waals surface area contributed by atoms with E-state index in [0.717, 1.165) is 10.5 Å². The molecule has 4 rings (SSSR count). The number of nitrogens with zero attached hydrogens (tertiary/aromatic N) is 5. The van der Waals surface area contributed by atoms with Crippen molar-refractivity contribution in [3.8, 4) is 11.9 Å². The number of hydrogen-bond donors (Lipinski definition) is 1. The first-order chi connectivity index (χ1) is 14.6. The molecule has 148 valence electrons. The van der Waals surface area contributed by atoms with E-state index < -0.39 is 17.7 Å². The van der Waals surface area contributed by atoms with Crippen LogP contribution in [0.25, 0.3) is 5.69 Å². The Kier molecular flexibility index (Phi) is 5.41. The van der Waals surface area contributed by atoms with Crippen molar-refractivity contribution in [3.05, 3.63) is 77.2 Å². The van der Waals surface area contributed by atoms with Gasteiger partial charge in [0.15, 0.2) is 5.69 Å². The minimum atomic E-state index is -0.714. The number of carbonyl (C=O) groups excluding carboxylic acids is 2. The molecule has 8 nitrogen and oxygen atoms in total. The second-order valence-corrected chi connectivity index (χ2v) is 7.41. The van der Waals surface area contributed by atoms with Gasteiger partial charge in [0.25, 0.3) is 11.5 Å². The van der Waals surface area contributed by atoms with Gasteiger partial charge >= 0.3 is 0 Å². The number of rotatable bonds is 4. The molecule has 1 aromatic heterocycles. The van der Waals surface area contributed by atoms with Crippen molar-refractivity contribution < 1.29 is 9.59 Å². The lowest BCUT2D eigenvalue weighted by Gasteiger charge is -2.23. The predicted octanol–water partition coefficient (Wildman–Crippen LogP) is 1.97. The van der Waals surface area contributed by atoms with Gasteiger partial charge in [-0.15, -0.1) is 16.8 Å². The monoisotopic (exact) mass is 416 g/mol. The number of fused-ring (bicyclic) bond motifs is 1. The first-order valence-corrected chi connectivity index (χ1v) is 10.3. The Bertz CT molecular complexity index is 1230. The van der Waals surface area contributed by atoms with Crippen LogP contribution >= 0.6 is 11.8 Å². The van der Waals surface area contributed by atoms with Crippen LogP contribution in [0.1, 0.15) is 27.7 Å². The van der Waals surface area contributed by atoms with Crippen molar-refractivity contribution in [2.45, 2.75) is 17.2 Å². The Labute approximate surface area is 176 Å². The summed E-state index contributed by atoms with van der Waals surface area (Å²) in [6, 6.07) is 16.8. The van der Waals surface area contributed by atoms with Gasteiger partial charge in [0.2, 0.25) is 12.1 Å². The summed E-state index contributed by atoms with van der Waals surface area (Å²) in [5.41, 5.74) is 1.79. The summed E-state index contributed by atoms with van der Waals surface area (Å²) < 4.78 is 1.33. The van der Waals surface area contributed by atoms with Gasteiger partial charge in [-0.2, -0.15) is 15.0 Å². The summed E-state index contributed by atoms with van der Waals surface area (Å²) >= 11 is 1.59. The molecule has 2 heterocycles. The molecule has 30 heavy (non-hydrogen) atoms. The summed E-state index contributed by atoms with van der Waals surface area (Å²) in [5.74, 6) is -1.78. The molecule has 0 fully saturated rings. The van der Waals surface area contributed by atoms with Crippen LogP contribution in [0.5, 0.6) is 0 Å². The van der Waals surface area contributed by atoms with E-state index in [9.17, 15) is 9.59 Å². The number of hydrogen-bond acceptors (Lipinski definition) is 7. The minimum Gasteiger partial charge on any atom is -0.290 e. The standard InChI is InChI=1S/C21H16N6O2S/c1-30-15-9-7-14(8-10-15)27-21(23-12-22)24-17-16(11-13-5-3-2-4-6-13)19(28)25-20(29)18(17)26-27/h2-10,16H,11H2,1H3,(H,25,28,29). The number of nitrogens with one attached hydrogen (secondary N) is 1. The van der Waals surface area contributed by atoms with E-state index in [1.807, 2.05) is 48.7 Å². The van der Waals surface area contributed by atoms with Crippen molar-refractivity contribution >= 4 is 23.6 Å². The number of carbonyl (C=O) groups is 2. The van der Waals surface area contributed by atoms with Gasteiger partial charge in [-0.05, 0) is 42.5 Å². The van der Waals surface area contributed by atoms with Gasteiger partial charge in [0.1, 0.15) is 0 Å². The van der Waals surface area contributed by atoms with E-state index in [2.05, 4.69) is 20.4 Å². The molecule has 0 saturated carbocycles. The van der Waals surface area contributed by atoms with E-state index in [0.29, 0.717) is 12.1 Å². The molecular weight excluding hydrogens is 400 g/mol. The number of thioether (sulfide) groups is 1. The molecule has 0 saturated heterocycles. The minimum absolute atomic E-state index is 0.00807. The maximum Gasteiger partial charge on any atom is 0.280 e. The van der Waals surface area contributed by atoms with Crippen LogP contribution in [-0.2, 0) is 11.2 Å². The van der Waals surface area contributed by atoms with E-state index in [-0.39, 0.29) is 17.0 Å². The van der Waals surface area contributed by atoms with E-state index in [4.69, 9.17) is 5.26 Å². The van der Waals surface area contributed by atoms with Crippen LogP contribution in [0.4, 0.5) is 0 Å². The molecule has 1 N–H and O–H groups in total. The Hall–Kier alpha value is -3.77. The lowest BCUT2D eigenvalue weighted by atomic mass is 9.91. The third-order valence-electron chi connectivity index (χ3n) is 4.70. The Morgan fingerprint density at radius 3 is 2.57 bits per heavy atom. The highest BCUT2D eigenvalue weighted by atomic mass is 32.2. The van der Waals surface area contributed by atoms with Crippen LogP contribution in [0.3, 0.4) is 0 Å². The summed E-state index contributed by atoms with van der Waals surface area (Å²) in [5, 5.41) is 15.9. The van der Waals surface area contributed by atoms with E-state index in [1.54, 1.807) is 30.1 Å². The van der Waals surface area contributed by atoms with Gasteiger partial charge in [-0.1, -0.05) is 30.3 Å². The Balaban J connectivity index is 1.86. The summed E-state index contributed by atoms with van der Waals surface area (Å²) in [7, 11) is 0. The van der Waals surface area contributed by atoms with Gasteiger partial charge in [-0.3, -0.25) is 14.9 Å². The number of benzene rings is 2. The number of amides is 2. The molecule has 1 unspecified atom stereocenters. The predicted molar refractivity (Wildman–Crippen MR) is 110 cm³/mol. The zero-order valence-corrected chi connectivity index (χ0v) is 16.8. The lowest BCUT2D eigenvalue weighted by Crippen LogP contribution is -2.45. The van der Waals surface area contributed by atoms with Crippen LogP contribution in [-0.4, -0.2) is 32.8 Å². The third kappa shape index (κ3) is 3.73. The summed E-state index contributed by atoms with van der Waals surface area (Å²) in [6.45, 7) is 0. The van der Waals surface area contributed by atoms with Crippen LogP contribution in [0, 0.1) is 11.5 Å². The molecule has 3 aromatic rings. The van der Waals surface area contributed by atoms with Crippen LogP contribution < -0.4 is 10.9 Å². The first-order valence-electron chi connectivity index (χ1n) is 9.08. The third-order valence-corrected chi connectivity index (χ3v) is 5.44. The zero-order chi connectivity index (χ0) is 21.1. The highest BCUT2D eigenvalue weighted by Gasteiger charge is 2.36. The van der Waals surface area contributed by atoms with Crippen molar-refractivity contribution in [2.75, 3.05) is 6.26 Å². The molecule has 0 bridgehead atoms. The zero-order valence-electron chi connectivity index (χ0n) is 15.9. The van der Waals surface area contributed by atoms with E-state index in [1.165, 1.54) is 4.68 Å². The molecule has 1 atom stereocenters. The fourth-order valence-corrected chi connectivity index (χ4v) is 3.65. The molecule has 1 aliphatic rings. The number of nitriles is 1. The van der Waals surface area contributed by atoms with E-state index >= 15 is 0 Å². The Morgan fingerprint density at radius 1 is 1.17 bits per heavy atom. The maximum atomic E-state index is 12.6. The maximum absolute atomic E-state index is 12.6. The molecule has 0 radical (unpaired) electrons. The van der Waals surface area contributed by atoms with Gasteiger partial charge in [0, 0.05) is 4.90 Å². The lowest BCUT2D eigenvalue weighted by molar-refractivity contribution is -0.122. The molecular formula is C21H16N6O2S. The SMILES string of the molecule is CSc1ccc(-n2nc3c(nc2=NC#N)C(Cc2ccccc2)C(=O)NC3=O)cc1. The molecule has 2 aromatic carbocycles. The average molecular weight is 416 g/mol. The van der Waals surface area contributed by atoms with Crippen molar-refractivity contribution in [3.63, 3.8) is 0 Å². The molecule has 0 aliphatic carbocycles. The molecule has 0 spiro atoms. The molecule has 1 aliphatic heterocycles. The molecule has 2 amide bonds. The molecule has 9 heteroatoms. The highest BCUT2D eigenvalue weighted by molar-refractivity contribution is 7.98. The first kappa shape index (κ1) is 19.5. The van der Waals surface area contributed by atoms with Crippen molar-refractivity contribution in [1.82, 2.24) is 20.1 Å². The quantitative estimate of drug-likeness (QED) is 0.395. The fraction of sp³-hybridized carbons (Fsp3) is 0.143. The second kappa shape index (κ2) is 8.31. The average Bonchev–Trinajstić information content (AvgIpc) is 2.77. The normalized spacial score (nSPS) is 16.0. The second-order valence-electron chi connectivity index (χ2n) is 6.53. The van der Waals surface area contributed by atoms with Crippen LogP contribution in [0.15, 0.2) is 64.5 Å².